The molecule has 2 aromatic heterocycles. The lowest BCUT2D eigenvalue weighted by Crippen LogP contribution is -2.10. The van der Waals surface area contributed by atoms with E-state index >= 15 is 0 Å². The quantitative estimate of drug-likeness (QED) is 0.122. The molecule has 2 heterocycles. The van der Waals surface area contributed by atoms with Crippen LogP contribution in [0.15, 0.2) is 324 Å². The van der Waals surface area contributed by atoms with Crippen LogP contribution in [0.5, 0.6) is 0 Å². The number of benzene rings is 13. The van der Waals surface area contributed by atoms with Crippen LogP contribution in [0.2, 0.25) is 0 Å². The Labute approximate surface area is 476 Å². The first-order chi connectivity index (χ1) is 40.7. The fourth-order valence-corrected chi connectivity index (χ4v) is 12.3. The van der Waals surface area contributed by atoms with Crippen molar-refractivity contribution in [2.45, 2.75) is 0 Å². The van der Waals surface area contributed by atoms with E-state index in [4.69, 9.17) is 8.83 Å². The maximum atomic E-state index is 6.72. The largest absolute Gasteiger partial charge is 0.454 e. The molecular formula is C78H52N2O2. The number of nitrogens with zero attached hydrogens (tertiary/aromatic N) is 2. The minimum Gasteiger partial charge on any atom is -0.454 e. The number of anilines is 6. The van der Waals surface area contributed by atoms with Gasteiger partial charge in [-0.2, -0.15) is 0 Å². The van der Waals surface area contributed by atoms with Crippen molar-refractivity contribution in [3.63, 3.8) is 0 Å². The highest BCUT2D eigenvalue weighted by Crippen LogP contribution is 2.57. The fourth-order valence-electron chi connectivity index (χ4n) is 12.3. The average Bonchev–Trinajstić information content (AvgIpc) is 4.32. The van der Waals surface area contributed by atoms with E-state index < -0.39 is 0 Å². The second kappa shape index (κ2) is 20.7. The molecule has 0 saturated heterocycles. The molecule has 0 spiro atoms. The molecule has 4 heteroatoms. The zero-order chi connectivity index (χ0) is 54.3. The van der Waals surface area contributed by atoms with E-state index in [1.807, 2.05) is 24.3 Å². The van der Waals surface area contributed by atoms with Gasteiger partial charge in [0.05, 0.1) is 11.4 Å². The van der Waals surface area contributed by atoms with E-state index in [2.05, 4.69) is 301 Å². The minimum absolute atomic E-state index is 0.842. The first-order valence-electron chi connectivity index (χ1n) is 27.9. The molecule has 0 N–H and O–H groups in total. The molecule has 15 aromatic rings. The average molecular weight is 1050 g/mol. The lowest BCUT2D eigenvalue weighted by Gasteiger charge is -2.30. The van der Waals surface area contributed by atoms with E-state index in [0.29, 0.717) is 0 Å². The van der Waals surface area contributed by atoms with Crippen LogP contribution in [0.3, 0.4) is 0 Å². The Kier molecular flexibility index (Phi) is 12.2. The first kappa shape index (κ1) is 48.2. The number of rotatable bonds is 12. The van der Waals surface area contributed by atoms with Gasteiger partial charge in [-0.3, -0.25) is 0 Å². The van der Waals surface area contributed by atoms with E-state index in [-0.39, 0.29) is 0 Å². The van der Waals surface area contributed by atoms with Crippen LogP contribution in [0.4, 0.5) is 34.1 Å². The number of hydrogen-bond donors (Lipinski definition) is 0. The van der Waals surface area contributed by atoms with Crippen LogP contribution in [0.25, 0.3) is 111 Å². The van der Waals surface area contributed by atoms with Crippen molar-refractivity contribution in [2.24, 2.45) is 0 Å². The second-order valence-corrected chi connectivity index (χ2v) is 20.7. The third kappa shape index (κ3) is 8.41. The Balaban J connectivity index is 0.997. The van der Waals surface area contributed by atoms with Crippen molar-refractivity contribution in [2.75, 3.05) is 9.80 Å². The van der Waals surface area contributed by atoms with Crippen molar-refractivity contribution in [3.8, 4) is 66.8 Å². The molecule has 386 valence electrons. The van der Waals surface area contributed by atoms with Crippen LogP contribution < -0.4 is 9.80 Å². The van der Waals surface area contributed by atoms with Crippen LogP contribution in [0.1, 0.15) is 0 Å². The number of fused-ring (bicyclic) bond motifs is 6. The molecule has 15 rings (SSSR count). The SMILES string of the molecule is c1ccc(-c2c(-c3ccccc3)c(-c3ccc(N(c4ccccc4)c4cccc5c4oc4ccccc45)cc3)c(-c3ccccc3)c(-c3ccccc3)c2-c2ccc(N(c3ccccc3)c3cccc4c3oc3ccccc34)cc2)cc1. The number of furan rings is 2. The van der Waals surface area contributed by atoms with Crippen LogP contribution in [-0.4, -0.2) is 0 Å². The predicted molar refractivity (Wildman–Crippen MR) is 343 cm³/mol. The molecule has 0 bridgehead atoms. The molecule has 4 nitrogen and oxygen atoms in total. The van der Waals surface area contributed by atoms with Gasteiger partial charge in [0.1, 0.15) is 11.2 Å². The predicted octanol–water partition coefficient (Wildman–Crippen LogP) is 22.4. The van der Waals surface area contributed by atoms with Gasteiger partial charge in [-0.15, -0.1) is 0 Å². The minimum atomic E-state index is 0.842. The van der Waals surface area contributed by atoms with Crippen molar-refractivity contribution >= 4 is 78.0 Å². The van der Waals surface area contributed by atoms with Crippen molar-refractivity contribution < 1.29 is 8.83 Å². The van der Waals surface area contributed by atoms with Gasteiger partial charge in [0.25, 0.3) is 0 Å². The zero-order valence-corrected chi connectivity index (χ0v) is 44.7. The third-order valence-electron chi connectivity index (χ3n) is 15.9. The summed E-state index contributed by atoms with van der Waals surface area (Å²) < 4.78 is 13.4. The van der Waals surface area contributed by atoms with Gasteiger partial charge in [0.15, 0.2) is 11.2 Å². The highest BCUT2D eigenvalue weighted by molar-refractivity contribution is 6.16. The van der Waals surface area contributed by atoms with Crippen molar-refractivity contribution in [1.29, 1.82) is 0 Å². The monoisotopic (exact) mass is 1050 g/mol. The Morgan fingerprint density at radius 2 is 0.427 bits per heavy atom. The lowest BCUT2D eigenvalue weighted by molar-refractivity contribution is 0.668. The van der Waals surface area contributed by atoms with Gasteiger partial charge in [-0.1, -0.05) is 243 Å². The van der Waals surface area contributed by atoms with E-state index in [9.17, 15) is 0 Å². The first-order valence-corrected chi connectivity index (χ1v) is 27.9. The molecule has 0 aliphatic carbocycles. The normalized spacial score (nSPS) is 11.4. The summed E-state index contributed by atoms with van der Waals surface area (Å²) in [6, 6.07) is 113. The van der Waals surface area contributed by atoms with Gasteiger partial charge in [0, 0.05) is 44.3 Å². The number of hydrogen-bond acceptors (Lipinski definition) is 4. The van der Waals surface area contributed by atoms with E-state index in [0.717, 1.165) is 145 Å². The van der Waals surface area contributed by atoms with Crippen molar-refractivity contribution in [3.05, 3.63) is 315 Å². The highest BCUT2D eigenvalue weighted by Gasteiger charge is 2.30. The standard InChI is InChI=1S/C78H52N2O2/c1-7-25-53(26-8-1)71-72(54-27-9-2-10-28-54)76(58-47-51-62(52-48-58)80(60-35-17-6-18-36-60)68-42-24-40-66-64-38-20-22-44-70(64)82-78(66)68)74(56-31-13-4-14-32-56)73(55-29-11-3-12-30-55)75(71)57-45-49-61(50-46-57)79(59-33-15-5-16-34-59)67-41-23-39-65-63-37-19-21-43-69(63)81-77(65)67/h1-52H. The van der Waals surface area contributed by atoms with E-state index in [1.54, 1.807) is 0 Å². The summed E-state index contributed by atoms with van der Waals surface area (Å²) in [6.45, 7) is 0. The van der Waals surface area contributed by atoms with E-state index in [1.165, 1.54) is 0 Å². The van der Waals surface area contributed by atoms with Crippen molar-refractivity contribution in [1.82, 2.24) is 0 Å². The Morgan fingerprint density at radius 1 is 0.183 bits per heavy atom. The summed E-state index contributed by atoms with van der Waals surface area (Å²) in [5.41, 5.74) is 22.9. The van der Waals surface area contributed by atoms with Gasteiger partial charge in [0.2, 0.25) is 0 Å². The maximum absolute atomic E-state index is 6.72. The summed E-state index contributed by atoms with van der Waals surface area (Å²) in [5.74, 6) is 0. The Hall–Kier alpha value is -10.9. The van der Waals surface area contributed by atoms with Gasteiger partial charge in [-0.05, 0) is 140 Å². The lowest BCUT2D eigenvalue weighted by atomic mass is 9.74. The number of para-hydroxylation sites is 6. The molecule has 0 aliphatic heterocycles. The molecule has 0 unspecified atom stereocenters. The molecule has 13 aromatic carbocycles. The van der Waals surface area contributed by atoms with Crippen LogP contribution >= 0.6 is 0 Å². The third-order valence-corrected chi connectivity index (χ3v) is 15.9. The van der Waals surface area contributed by atoms with Crippen LogP contribution in [0, 0.1) is 0 Å². The molecule has 0 aliphatic rings. The van der Waals surface area contributed by atoms with Crippen LogP contribution in [-0.2, 0) is 0 Å². The molecule has 82 heavy (non-hydrogen) atoms. The molecule has 0 atom stereocenters. The summed E-state index contributed by atoms with van der Waals surface area (Å²) in [4.78, 5) is 4.64. The van der Waals surface area contributed by atoms with Gasteiger partial charge in [-0.25, -0.2) is 0 Å². The smallest absolute Gasteiger partial charge is 0.159 e. The second-order valence-electron chi connectivity index (χ2n) is 20.7. The highest BCUT2D eigenvalue weighted by atomic mass is 16.3. The topological polar surface area (TPSA) is 32.8 Å². The summed E-state index contributed by atoms with van der Waals surface area (Å²) in [6.07, 6.45) is 0. The summed E-state index contributed by atoms with van der Waals surface area (Å²) in [5, 5.41) is 4.35. The molecule has 0 radical (unpaired) electrons. The Morgan fingerprint density at radius 3 is 0.744 bits per heavy atom. The molecular weight excluding hydrogens is 997 g/mol. The molecule has 0 saturated carbocycles. The molecule has 0 fully saturated rings. The summed E-state index contributed by atoms with van der Waals surface area (Å²) >= 11 is 0. The molecule has 0 amide bonds. The fraction of sp³-hybridized carbons (Fsp3) is 0. The van der Waals surface area contributed by atoms with Gasteiger partial charge < -0.3 is 18.6 Å². The maximum Gasteiger partial charge on any atom is 0.159 e. The Bertz CT molecular complexity index is 4340. The van der Waals surface area contributed by atoms with Gasteiger partial charge >= 0.3 is 0 Å². The summed E-state index contributed by atoms with van der Waals surface area (Å²) in [7, 11) is 0. The zero-order valence-electron chi connectivity index (χ0n) is 44.7.